The number of rotatable bonds is 1. The van der Waals surface area contributed by atoms with E-state index in [0.717, 1.165) is 22.4 Å². The highest BCUT2D eigenvalue weighted by Crippen LogP contribution is 2.46. The van der Waals surface area contributed by atoms with Crippen molar-refractivity contribution < 1.29 is 23.6 Å². The standard InChI is InChI=1S/C21H23N5O5/c1-9-8-26-16(12(4)30-9)21(18(27)23-20(29)24-19(21)28)6-13-5-14(7-22-17(13)26)15-10(2)25-31-11(15)3/h5,7,9,12,16H,6,8H2,1-4H3,(H2,23,24,27,28,29)/t9-,12+,16-/m1/s1. The number of aromatic nitrogens is 2. The van der Waals surface area contributed by atoms with Crippen molar-refractivity contribution in [1.82, 2.24) is 20.8 Å². The van der Waals surface area contributed by atoms with Crippen LogP contribution in [0.4, 0.5) is 10.6 Å². The summed E-state index contributed by atoms with van der Waals surface area (Å²) >= 11 is 0. The normalized spacial score (nSPS) is 26.9. The highest BCUT2D eigenvalue weighted by atomic mass is 16.5. The molecule has 0 bridgehead atoms. The second-order valence-corrected chi connectivity index (χ2v) is 8.54. The summed E-state index contributed by atoms with van der Waals surface area (Å²) < 4.78 is 11.3. The predicted octanol–water partition coefficient (Wildman–Crippen LogP) is 1.24. The number of hydrogen-bond donors (Lipinski definition) is 2. The number of nitrogens with zero attached hydrogens (tertiary/aromatic N) is 3. The van der Waals surface area contributed by atoms with Crippen molar-refractivity contribution in [2.75, 3.05) is 11.4 Å². The lowest BCUT2D eigenvalue weighted by molar-refractivity contribution is -0.153. The zero-order valence-corrected chi connectivity index (χ0v) is 17.7. The Morgan fingerprint density at radius 2 is 1.87 bits per heavy atom. The molecule has 0 aliphatic carbocycles. The lowest BCUT2D eigenvalue weighted by atomic mass is 9.67. The number of carbonyl (C=O) groups excluding carboxylic acids is 3. The van der Waals surface area contributed by atoms with E-state index >= 15 is 0 Å². The molecule has 0 radical (unpaired) electrons. The van der Waals surface area contributed by atoms with Gasteiger partial charge in [0.25, 0.3) is 0 Å². The number of fused-ring (bicyclic) bond motifs is 4. The van der Waals surface area contributed by atoms with Crippen molar-refractivity contribution in [3.05, 3.63) is 29.3 Å². The van der Waals surface area contributed by atoms with Gasteiger partial charge in [-0.25, -0.2) is 9.78 Å². The molecule has 10 heteroatoms. The summed E-state index contributed by atoms with van der Waals surface area (Å²) in [5, 5.41) is 8.59. The van der Waals surface area contributed by atoms with E-state index in [2.05, 4.69) is 15.8 Å². The van der Waals surface area contributed by atoms with Gasteiger partial charge in [-0.3, -0.25) is 20.2 Å². The van der Waals surface area contributed by atoms with Gasteiger partial charge in [0.1, 0.15) is 11.6 Å². The summed E-state index contributed by atoms with van der Waals surface area (Å²) in [6.07, 6.45) is 1.32. The molecule has 2 N–H and O–H groups in total. The molecule has 10 nitrogen and oxygen atoms in total. The molecule has 3 aliphatic heterocycles. The Labute approximate surface area is 178 Å². The monoisotopic (exact) mass is 425 g/mol. The van der Waals surface area contributed by atoms with Gasteiger partial charge in [0.2, 0.25) is 11.8 Å². The number of nitrogens with one attached hydrogen (secondary N) is 2. The fourth-order valence-corrected chi connectivity index (χ4v) is 5.33. The van der Waals surface area contributed by atoms with Crippen molar-refractivity contribution in [3.63, 3.8) is 0 Å². The molecule has 31 heavy (non-hydrogen) atoms. The topological polar surface area (TPSA) is 127 Å². The first-order valence-corrected chi connectivity index (χ1v) is 10.2. The van der Waals surface area contributed by atoms with Crippen LogP contribution in [0.25, 0.3) is 11.1 Å². The van der Waals surface area contributed by atoms with E-state index in [0.29, 0.717) is 18.1 Å². The second-order valence-electron chi connectivity index (χ2n) is 8.54. The number of anilines is 1. The number of urea groups is 1. The van der Waals surface area contributed by atoms with Gasteiger partial charge in [-0.1, -0.05) is 5.16 Å². The first-order chi connectivity index (χ1) is 14.7. The minimum Gasteiger partial charge on any atom is -0.372 e. The number of carbonyl (C=O) groups is 3. The molecule has 2 saturated heterocycles. The third kappa shape index (κ3) is 2.71. The van der Waals surface area contributed by atoms with Crippen LogP contribution in [0, 0.1) is 19.3 Å². The number of barbiturate groups is 1. The molecule has 0 saturated carbocycles. The second kappa shape index (κ2) is 6.61. The summed E-state index contributed by atoms with van der Waals surface area (Å²) in [6, 6.07) is 0.522. The minimum absolute atomic E-state index is 0.0980. The number of hydrogen-bond acceptors (Lipinski definition) is 8. The number of morpholine rings is 1. The molecule has 2 fully saturated rings. The molecular formula is C21H23N5O5. The number of ether oxygens (including phenoxy) is 1. The molecule has 2 aromatic rings. The molecule has 162 valence electrons. The third-order valence-corrected chi connectivity index (χ3v) is 6.46. The van der Waals surface area contributed by atoms with E-state index in [-0.39, 0.29) is 12.5 Å². The van der Waals surface area contributed by atoms with Crippen molar-refractivity contribution >= 4 is 23.7 Å². The van der Waals surface area contributed by atoms with Gasteiger partial charge in [-0.05, 0) is 39.3 Å². The van der Waals surface area contributed by atoms with E-state index in [1.165, 1.54) is 0 Å². The number of amides is 4. The summed E-state index contributed by atoms with van der Waals surface area (Å²) in [7, 11) is 0. The Bertz CT molecular complexity index is 1090. The fourth-order valence-electron chi connectivity index (χ4n) is 5.33. The zero-order valence-electron chi connectivity index (χ0n) is 17.7. The van der Waals surface area contributed by atoms with Crippen molar-refractivity contribution in [3.8, 4) is 11.1 Å². The fraction of sp³-hybridized carbons (Fsp3) is 0.476. The predicted molar refractivity (Wildman–Crippen MR) is 108 cm³/mol. The highest BCUT2D eigenvalue weighted by molar-refractivity contribution is 6.20. The van der Waals surface area contributed by atoms with Gasteiger partial charge < -0.3 is 14.2 Å². The molecule has 0 unspecified atom stereocenters. The number of aryl methyl sites for hydroxylation is 2. The molecule has 3 aliphatic rings. The van der Waals surface area contributed by atoms with Gasteiger partial charge in [0.15, 0.2) is 5.41 Å². The first-order valence-electron chi connectivity index (χ1n) is 10.2. The first kappa shape index (κ1) is 19.7. The Morgan fingerprint density at radius 1 is 1.16 bits per heavy atom. The molecular weight excluding hydrogens is 402 g/mol. The smallest absolute Gasteiger partial charge is 0.328 e. The Kier molecular flexibility index (Phi) is 4.20. The van der Waals surface area contributed by atoms with E-state index in [9.17, 15) is 14.4 Å². The van der Waals surface area contributed by atoms with Gasteiger partial charge in [-0.2, -0.15) is 0 Å². The van der Waals surface area contributed by atoms with Crippen molar-refractivity contribution in [1.29, 1.82) is 0 Å². The number of pyridine rings is 1. The van der Waals surface area contributed by atoms with Gasteiger partial charge in [-0.15, -0.1) is 0 Å². The molecule has 0 aromatic carbocycles. The van der Waals surface area contributed by atoms with Gasteiger partial charge in [0.05, 0.1) is 23.9 Å². The van der Waals surface area contributed by atoms with Crippen molar-refractivity contribution in [2.45, 2.75) is 52.4 Å². The number of imide groups is 2. The molecule has 2 aromatic heterocycles. The molecule has 4 amide bonds. The largest absolute Gasteiger partial charge is 0.372 e. The van der Waals surface area contributed by atoms with Crippen LogP contribution in [-0.2, 0) is 20.7 Å². The van der Waals surface area contributed by atoms with Crippen LogP contribution < -0.4 is 15.5 Å². The molecule has 5 rings (SSSR count). The quantitative estimate of drug-likeness (QED) is 0.654. The highest BCUT2D eigenvalue weighted by Gasteiger charge is 2.63. The maximum absolute atomic E-state index is 13.2. The summed E-state index contributed by atoms with van der Waals surface area (Å²) in [6.45, 7) is 7.93. The van der Waals surface area contributed by atoms with Crippen LogP contribution in [0.15, 0.2) is 16.8 Å². The van der Waals surface area contributed by atoms with Crippen LogP contribution in [0.2, 0.25) is 0 Å². The van der Waals surface area contributed by atoms with Crippen LogP contribution in [-0.4, -0.2) is 52.8 Å². The van der Waals surface area contributed by atoms with Crippen LogP contribution >= 0.6 is 0 Å². The Hall–Kier alpha value is -3.27. The average Bonchev–Trinajstić information content (AvgIpc) is 3.03. The van der Waals surface area contributed by atoms with Crippen LogP contribution in [0.3, 0.4) is 0 Å². The SMILES string of the molecule is Cc1noc(C)c1-c1cnc2c(c1)CC1(C(=O)NC(=O)NC1=O)[C@H]1[C@H](C)O[C@H](C)CN21. The average molecular weight is 425 g/mol. The van der Waals surface area contributed by atoms with Gasteiger partial charge >= 0.3 is 6.03 Å². The lowest BCUT2D eigenvalue weighted by Gasteiger charge is -2.54. The van der Waals surface area contributed by atoms with Crippen LogP contribution in [0.1, 0.15) is 30.9 Å². The van der Waals surface area contributed by atoms with E-state index in [1.807, 2.05) is 38.7 Å². The van der Waals surface area contributed by atoms with E-state index in [1.54, 1.807) is 6.20 Å². The summed E-state index contributed by atoms with van der Waals surface area (Å²) in [5.41, 5.74) is 1.60. The molecule has 5 heterocycles. The summed E-state index contributed by atoms with van der Waals surface area (Å²) in [5.74, 6) is 0.143. The Balaban J connectivity index is 1.70. The maximum Gasteiger partial charge on any atom is 0.328 e. The van der Waals surface area contributed by atoms with E-state index in [4.69, 9.17) is 14.2 Å². The van der Waals surface area contributed by atoms with Crippen molar-refractivity contribution in [2.24, 2.45) is 5.41 Å². The molecule has 1 spiro atoms. The Morgan fingerprint density at radius 3 is 2.52 bits per heavy atom. The molecule has 3 atom stereocenters. The lowest BCUT2D eigenvalue weighted by Crippen LogP contribution is -2.75. The minimum atomic E-state index is -1.51. The third-order valence-electron chi connectivity index (χ3n) is 6.46. The van der Waals surface area contributed by atoms with E-state index < -0.39 is 35.4 Å². The maximum atomic E-state index is 13.2. The zero-order chi connectivity index (χ0) is 22.1. The summed E-state index contributed by atoms with van der Waals surface area (Å²) in [4.78, 5) is 44.9. The van der Waals surface area contributed by atoms with Gasteiger partial charge in [0, 0.05) is 30.3 Å². The van der Waals surface area contributed by atoms with Crippen LogP contribution in [0.5, 0.6) is 0 Å².